The standard InChI is InChI=1S/C24H20ClN3O3/c25-17-7-5-16(6-8-17)13-23-27-19-3-1-2-4-20(19)28(23)15-24(29)26-18-9-10-21-22(14-18)31-12-11-30-21/h1-10,14H,11-13,15H2,(H,26,29). The minimum atomic E-state index is -0.141. The molecule has 31 heavy (non-hydrogen) atoms. The molecule has 4 aromatic rings. The fourth-order valence-electron chi connectivity index (χ4n) is 3.69. The highest BCUT2D eigenvalue weighted by Gasteiger charge is 2.16. The van der Waals surface area contributed by atoms with Gasteiger partial charge in [-0.25, -0.2) is 4.98 Å². The average Bonchev–Trinajstić information content (AvgIpc) is 3.12. The molecule has 1 aromatic heterocycles. The number of nitrogens with one attached hydrogen (secondary N) is 1. The Morgan fingerprint density at radius 1 is 1.00 bits per heavy atom. The van der Waals surface area contributed by atoms with E-state index < -0.39 is 0 Å². The molecule has 156 valence electrons. The number of halogens is 1. The van der Waals surface area contributed by atoms with Crippen molar-refractivity contribution in [2.75, 3.05) is 18.5 Å². The Morgan fingerprint density at radius 3 is 2.61 bits per heavy atom. The molecule has 0 unspecified atom stereocenters. The van der Waals surface area contributed by atoms with E-state index in [0.717, 1.165) is 22.4 Å². The Bertz CT molecular complexity index is 1250. The first-order valence-electron chi connectivity index (χ1n) is 10.0. The highest BCUT2D eigenvalue weighted by Crippen LogP contribution is 2.32. The molecule has 0 saturated heterocycles. The zero-order valence-electron chi connectivity index (χ0n) is 16.7. The number of hydrogen-bond acceptors (Lipinski definition) is 4. The predicted molar refractivity (Wildman–Crippen MR) is 120 cm³/mol. The average molecular weight is 434 g/mol. The van der Waals surface area contributed by atoms with Gasteiger partial charge < -0.3 is 19.4 Å². The molecule has 5 rings (SSSR count). The van der Waals surface area contributed by atoms with Crippen LogP contribution in [-0.4, -0.2) is 28.7 Å². The number of nitrogens with zero attached hydrogens (tertiary/aromatic N) is 2. The van der Waals surface area contributed by atoms with E-state index in [-0.39, 0.29) is 12.5 Å². The molecule has 0 radical (unpaired) electrons. The van der Waals surface area contributed by atoms with E-state index in [9.17, 15) is 4.79 Å². The van der Waals surface area contributed by atoms with Crippen LogP contribution in [-0.2, 0) is 17.8 Å². The summed E-state index contributed by atoms with van der Waals surface area (Å²) in [6.45, 7) is 1.18. The summed E-state index contributed by atoms with van der Waals surface area (Å²) >= 11 is 6.01. The molecule has 3 aromatic carbocycles. The van der Waals surface area contributed by atoms with Gasteiger partial charge in [0.15, 0.2) is 11.5 Å². The van der Waals surface area contributed by atoms with E-state index in [2.05, 4.69) is 5.32 Å². The summed E-state index contributed by atoms with van der Waals surface area (Å²) in [5.74, 6) is 2.01. The lowest BCUT2D eigenvalue weighted by molar-refractivity contribution is -0.116. The second-order valence-electron chi connectivity index (χ2n) is 7.31. The number of para-hydroxylation sites is 2. The van der Waals surface area contributed by atoms with Crippen LogP contribution in [0.3, 0.4) is 0 Å². The van der Waals surface area contributed by atoms with Crippen LogP contribution in [0.2, 0.25) is 5.02 Å². The third-order valence-corrected chi connectivity index (χ3v) is 5.39. The quantitative estimate of drug-likeness (QED) is 0.496. The molecule has 0 aliphatic carbocycles. The first-order chi connectivity index (χ1) is 15.2. The van der Waals surface area contributed by atoms with Crippen LogP contribution in [0, 0.1) is 0 Å². The van der Waals surface area contributed by atoms with Crippen molar-refractivity contribution in [2.45, 2.75) is 13.0 Å². The second-order valence-corrected chi connectivity index (χ2v) is 7.75. The van der Waals surface area contributed by atoms with Gasteiger partial charge in [0.1, 0.15) is 25.6 Å². The monoisotopic (exact) mass is 433 g/mol. The normalized spacial score (nSPS) is 12.7. The minimum absolute atomic E-state index is 0.141. The predicted octanol–water partition coefficient (Wildman–Crippen LogP) is 4.69. The summed E-state index contributed by atoms with van der Waals surface area (Å²) in [5.41, 5.74) is 3.52. The minimum Gasteiger partial charge on any atom is -0.486 e. The van der Waals surface area contributed by atoms with Crippen LogP contribution in [0.1, 0.15) is 11.4 Å². The van der Waals surface area contributed by atoms with Gasteiger partial charge in [-0.15, -0.1) is 0 Å². The fourth-order valence-corrected chi connectivity index (χ4v) is 3.81. The molecular weight excluding hydrogens is 414 g/mol. The molecule has 1 amide bonds. The maximum atomic E-state index is 12.9. The Labute approximate surface area is 184 Å². The number of aromatic nitrogens is 2. The van der Waals surface area contributed by atoms with Crippen LogP contribution < -0.4 is 14.8 Å². The van der Waals surface area contributed by atoms with Crippen molar-refractivity contribution in [3.8, 4) is 11.5 Å². The number of fused-ring (bicyclic) bond motifs is 2. The lowest BCUT2D eigenvalue weighted by atomic mass is 10.1. The van der Waals surface area contributed by atoms with Gasteiger partial charge in [-0.3, -0.25) is 4.79 Å². The van der Waals surface area contributed by atoms with Crippen molar-refractivity contribution >= 4 is 34.2 Å². The summed E-state index contributed by atoms with van der Waals surface area (Å²) in [7, 11) is 0. The van der Waals surface area contributed by atoms with Crippen molar-refractivity contribution in [1.82, 2.24) is 9.55 Å². The number of carbonyl (C=O) groups excluding carboxylic acids is 1. The Morgan fingerprint density at radius 2 is 1.77 bits per heavy atom. The van der Waals surface area contributed by atoms with Crippen LogP contribution in [0.15, 0.2) is 66.7 Å². The number of amides is 1. The lowest BCUT2D eigenvalue weighted by Crippen LogP contribution is -2.21. The van der Waals surface area contributed by atoms with Crippen LogP contribution in [0.4, 0.5) is 5.69 Å². The fraction of sp³-hybridized carbons (Fsp3) is 0.167. The number of anilines is 1. The summed E-state index contributed by atoms with van der Waals surface area (Å²) in [4.78, 5) is 17.7. The molecule has 0 bridgehead atoms. The first-order valence-corrected chi connectivity index (χ1v) is 10.4. The summed E-state index contributed by atoms with van der Waals surface area (Å²) in [6, 6.07) is 20.9. The van der Waals surface area contributed by atoms with E-state index in [1.807, 2.05) is 65.2 Å². The van der Waals surface area contributed by atoms with Crippen LogP contribution >= 0.6 is 11.6 Å². The van der Waals surface area contributed by atoms with Crippen LogP contribution in [0.25, 0.3) is 11.0 Å². The molecule has 6 nitrogen and oxygen atoms in total. The van der Waals surface area contributed by atoms with Gasteiger partial charge in [-0.05, 0) is 42.0 Å². The zero-order chi connectivity index (χ0) is 21.2. The van der Waals surface area contributed by atoms with E-state index >= 15 is 0 Å². The van der Waals surface area contributed by atoms with Gasteiger partial charge >= 0.3 is 0 Å². The molecule has 1 aliphatic rings. The third kappa shape index (κ3) is 4.20. The number of carbonyl (C=O) groups is 1. The van der Waals surface area contributed by atoms with Crippen molar-refractivity contribution in [1.29, 1.82) is 0 Å². The van der Waals surface area contributed by atoms with Crippen LogP contribution in [0.5, 0.6) is 11.5 Å². The molecular formula is C24H20ClN3O3. The molecule has 0 spiro atoms. The van der Waals surface area contributed by atoms with Gasteiger partial charge in [0.05, 0.1) is 11.0 Å². The van der Waals surface area contributed by atoms with E-state index in [4.69, 9.17) is 26.1 Å². The van der Waals surface area contributed by atoms with Gasteiger partial charge in [0, 0.05) is 23.2 Å². The molecule has 0 saturated carbocycles. The number of imidazole rings is 1. The van der Waals surface area contributed by atoms with Crippen molar-refractivity contribution in [3.63, 3.8) is 0 Å². The summed E-state index contributed by atoms with van der Waals surface area (Å²) in [5, 5.41) is 3.64. The molecule has 1 aliphatic heterocycles. The highest BCUT2D eigenvalue weighted by atomic mass is 35.5. The maximum absolute atomic E-state index is 12.9. The molecule has 2 heterocycles. The van der Waals surface area contributed by atoms with Gasteiger partial charge in [-0.1, -0.05) is 35.9 Å². The van der Waals surface area contributed by atoms with Crippen molar-refractivity contribution in [2.24, 2.45) is 0 Å². The summed E-state index contributed by atoms with van der Waals surface area (Å²) in [6.07, 6.45) is 0.600. The van der Waals surface area contributed by atoms with E-state index in [1.165, 1.54) is 0 Å². The molecule has 7 heteroatoms. The topological polar surface area (TPSA) is 65.4 Å². The number of rotatable bonds is 5. The lowest BCUT2D eigenvalue weighted by Gasteiger charge is -2.19. The first kappa shape index (κ1) is 19.5. The third-order valence-electron chi connectivity index (χ3n) is 5.14. The van der Waals surface area contributed by atoms with Gasteiger partial charge in [0.2, 0.25) is 5.91 Å². The summed E-state index contributed by atoms with van der Waals surface area (Å²) < 4.78 is 13.1. The number of benzene rings is 3. The Balaban J connectivity index is 1.40. The molecule has 1 N–H and O–H groups in total. The maximum Gasteiger partial charge on any atom is 0.244 e. The second kappa shape index (κ2) is 8.32. The van der Waals surface area contributed by atoms with Gasteiger partial charge in [-0.2, -0.15) is 0 Å². The smallest absolute Gasteiger partial charge is 0.244 e. The molecule has 0 atom stereocenters. The highest BCUT2D eigenvalue weighted by molar-refractivity contribution is 6.30. The van der Waals surface area contributed by atoms with E-state index in [1.54, 1.807) is 6.07 Å². The molecule has 0 fully saturated rings. The Hall–Kier alpha value is -3.51. The Kier molecular flexibility index (Phi) is 5.22. The van der Waals surface area contributed by atoms with Gasteiger partial charge in [0.25, 0.3) is 0 Å². The van der Waals surface area contributed by atoms with E-state index in [0.29, 0.717) is 41.8 Å². The number of ether oxygens (including phenoxy) is 2. The van der Waals surface area contributed by atoms with Crippen molar-refractivity contribution < 1.29 is 14.3 Å². The number of hydrogen-bond donors (Lipinski definition) is 1. The largest absolute Gasteiger partial charge is 0.486 e. The van der Waals surface area contributed by atoms with Crippen molar-refractivity contribution in [3.05, 3.63) is 83.1 Å². The zero-order valence-corrected chi connectivity index (χ0v) is 17.4. The SMILES string of the molecule is O=C(Cn1c(Cc2ccc(Cl)cc2)nc2ccccc21)Nc1ccc2c(c1)OCCO2.